The van der Waals surface area contributed by atoms with Crippen LogP contribution in [0.5, 0.6) is 0 Å². The monoisotopic (exact) mass is 332 g/mol. The van der Waals surface area contributed by atoms with Gasteiger partial charge in [0.2, 0.25) is 5.91 Å². The van der Waals surface area contributed by atoms with Crippen molar-refractivity contribution in [3.63, 3.8) is 0 Å². The Morgan fingerprint density at radius 3 is 2.54 bits per heavy atom. The largest absolute Gasteiger partial charge is 0.360 e. The molecule has 4 rings (SSSR count). The Bertz CT molecular complexity index is 626. The summed E-state index contributed by atoms with van der Waals surface area (Å²) in [6.07, 6.45) is 5.42. The van der Waals surface area contributed by atoms with E-state index < -0.39 is 0 Å². The fourth-order valence-electron chi connectivity index (χ4n) is 3.58. The molecule has 2 saturated carbocycles. The Hall–Kier alpha value is -1.89. The van der Waals surface area contributed by atoms with E-state index >= 15 is 0 Å². The first-order valence-corrected chi connectivity index (χ1v) is 8.92. The lowest BCUT2D eigenvalue weighted by Gasteiger charge is -2.38. The molecular formula is C17H24N4O3. The first kappa shape index (κ1) is 15.6. The van der Waals surface area contributed by atoms with Crippen molar-refractivity contribution in [3.05, 3.63) is 17.5 Å². The SMILES string of the molecule is N[C@H]1C[C@H](C(=O)N2CCC(NC(=O)c3cc(C4CC4)on3)CC2)C1. The van der Waals surface area contributed by atoms with E-state index in [1.54, 1.807) is 6.07 Å². The van der Waals surface area contributed by atoms with Crippen molar-refractivity contribution in [2.75, 3.05) is 13.1 Å². The van der Waals surface area contributed by atoms with Gasteiger partial charge >= 0.3 is 0 Å². The molecule has 7 heteroatoms. The zero-order chi connectivity index (χ0) is 16.7. The Morgan fingerprint density at radius 1 is 1.21 bits per heavy atom. The van der Waals surface area contributed by atoms with Gasteiger partial charge in [-0.15, -0.1) is 0 Å². The third-order valence-electron chi connectivity index (χ3n) is 5.41. The van der Waals surface area contributed by atoms with Crippen LogP contribution in [0.25, 0.3) is 0 Å². The highest BCUT2D eigenvalue weighted by Gasteiger charge is 2.36. The molecule has 0 spiro atoms. The maximum atomic E-state index is 12.3. The van der Waals surface area contributed by atoms with Crippen LogP contribution in [-0.4, -0.2) is 47.0 Å². The zero-order valence-electron chi connectivity index (χ0n) is 13.7. The van der Waals surface area contributed by atoms with E-state index in [2.05, 4.69) is 10.5 Å². The van der Waals surface area contributed by atoms with Gasteiger partial charge in [0.05, 0.1) is 0 Å². The molecule has 0 aromatic carbocycles. The highest BCUT2D eigenvalue weighted by molar-refractivity contribution is 5.92. The zero-order valence-corrected chi connectivity index (χ0v) is 13.7. The third-order valence-corrected chi connectivity index (χ3v) is 5.41. The Labute approximate surface area is 140 Å². The number of nitrogens with one attached hydrogen (secondary N) is 1. The van der Waals surface area contributed by atoms with Crippen molar-refractivity contribution < 1.29 is 14.1 Å². The lowest BCUT2D eigenvalue weighted by Crippen LogP contribution is -2.51. The minimum atomic E-state index is -0.180. The van der Waals surface area contributed by atoms with Gasteiger partial charge in [-0.3, -0.25) is 9.59 Å². The van der Waals surface area contributed by atoms with Crippen molar-refractivity contribution in [1.29, 1.82) is 0 Å². The molecule has 7 nitrogen and oxygen atoms in total. The number of nitrogens with zero attached hydrogens (tertiary/aromatic N) is 2. The molecule has 1 aliphatic heterocycles. The number of likely N-dealkylation sites (tertiary alicyclic amines) is 1. The molecule has 0 unspecified atom stereocenters. The first-order chi connectivity index (χ1) is 11.6. The van der Waals surface area contributed by atoms with E-state index in [1.807, 2.05) is 4.90 Å². The van der Waals surface area contributed by atoms with Gasteiger partial charge in [-0.1, -0.05) is 5.16 Å². The standard InChI is InChI=1S/C17H24N4O3/c18-12-7-11(8-12)17(23)21-5-3-13(4-6-21)19-16(22)14-9-15(24-20-14)10-1-2-10/h9-13H,1-8,18H2,(H,19,22)/t11-,12-. The number of amides is 2. The Balaban J connectivity index is 1.25. The fraction of sp³-hybridized carbons (Fsp3) is 0.706. The molecule has 0 radical (unpaired) electrons. The summed E-state index contributed by atoms with van der Waals surface area (Å²) in [5.74, 6) is 1.43. The van der Waals surface area contributed by atoms with Crippen molar-refractivity contribution in [2.24, 2.45) is 11.7 Å². The second-order valence-electron chi connectivity index (χ2n) is 7.39. The Morgan fingerprint density at radius 2 is 1.92 bits per heavy atom. The Kier molecular flexibility index (Phi) is 4.04. The lowest BCUT2D eigenvalue weighted by atomic mass is 9.79. The van der Waals surface area contributed by atoms with Crippen LogP contribution in [0.3, 0.4) is 0 Å². The van der Waals surface area contributed by atoms with E-state index in [1.165, 1.54) is 0 Å². The molecule has 3 fully saturated rings. The maximum absolute atomic E-state index is 12.3. The number of hydrogen-bond donors (Lipinski definition) is 2. The van der Waals surface area contributed by atoms with Gasteiger partial charge in [0, 0.05) is 43.1 Å². The number of piperidine rings is 1. The maximum Gasteiger partial charge on any atom is 0.273 e. The normalized spacial score (nSPS) is 27.6. The van der Waals surface area contributed by atoms with Crippen molar-refractivity contribution in [2.45, 2.75) is 56.5 Å². The predicted molar refractivity (Wildman–Crippen MR) is 86.2 cm³/mol. The van der Waals surface area contributed by atoms with Crippen LogP contribution in [-0.2, 0) is 4.79 Å². The molecule has 3 aliphatic rings. The van der Waals surface area contributed by atoms with Crippen LogP contribution in [0.2, 0.25) is 0 Å². The van der Waals surface area contributed by atoms with E-state index in [0.29, 0.717) is 24.7 Å². The summed E-state index contributed by atoms with van der Waals surface area (Å²) in [4.78, 5) is 26.5. The van der Waals surface area contributed by atoms with Crippen molar-refractivity contribution >= 4 is 11.8 Å². The second kappa shape index (κ2) is 6.20. The minimum Gasteiger partial charge on any atom is -0.360 e. The lowest BCUT2D eigenvalue weighted by molar-refractivity contribution is -0.139. The number of carbonyl (C=O) groups is 2. The molecule has 3 N–H and O–H groups in total. The van der Waals surface area contributed by atoms with E-state index in [0.717, 1.165) is 44.3 Å². The molecule has 2 amide bonds. The number of aromatic nitrogens is 1. The molecule has 2 heterocycles. The van der Waals surface area contributed by atoms with Crippen molar-refractivity contribution in [1.82, 2.24) is 15.4 Å². The summed E-state index contributed by atoms with van der Waals surface area (Å²) >= 11 is 0. The molecule has 1 aromatic heterocycles. The second-order valence-corrected chi connectivity index (χ2v) is 7.39. The van der Waals surface area contributed by atoms with E-state index in [-0.39, 0.29) is 29.8 Å². The average Bonchev–Trinajstić information content (AvgIpc) is 3.29. The summed E-state index contributed by atoms with van der Waals surface area (Å²) in [6, 6.07) is 2.04. The van der Waals surface area contributed by atoms with Gasteiger partial charge in [0.25, 0.3) is 5.91 Å². The summed E-state index contributed by atoms with van der Waals surface area (Å²) in [6.45, 7) is 1.39. The molecule has 0 atom stereocenters. The van der Waals surface area contributed by atoms with Gasteiger partial charge < -0.3 is 20.5 Å². The van der Waals surface area contributed by atoms with Gasteiger partial charge in [-0.25, -0.2) is 0 Å². The van der Waals surface area contributed by atoms with Crippen LogP contribution < -0.4 is 11.1 Å². The van der Waals surface area contributed by atoms with Crippen LogP contribution >= 0.6 is 0 Å². The molecule has 0 bridgehead atoms. The van der Waals surface area contributed by atoms with Gasteiger partial charge in [-0.2, -0.15) is 0 Å². The molecule has 1 saturated heterocycles. The summed E-state index contributed by atoms with van der Waals surface area (Å²) < 4.78 is 5.23. The third kappa shape index (κ3) is 3.17. The summed E-state index contributed by atoms with van der Waals surface area (Å²) in [5.41, 5.74) is 6.12. The summed E-state index contributed by atoms with van der Waals surface area (Å²) in [5, 5.41) is 6.88. The van der Waals surface area contributed by atoms with Crippen LogP contribution in [0, 0.1) is 5.92 Å². The molecule has 130 valence electrons. The smallest absolute Gasteiger partial charge is 0.273 e. The van der Waals surface area contributed by atoms with Crippen LogP contribution in [0.4, 0.5) is 0 Å². The van der Waals surface area contributed by atoms with Crippen LogP contribution in [0.1, 0.15) is 60.7 Å². The number of nitrogens with two attached hydrogens (primary N) is 1. The van der Waals surface area contributed by atoms with Gasteiger partial charge in [-0.05, 0) is 38.5 Å². The molecule has 24 heavy (non-hydrogen) atoms. The highest BCUT2D eigenvalue weighted by Crippen LogP contribution is 2.40. The predicted octanol–water partition coefficient (Wildman–Crippen LogP) is 1.01. The van der Waals surface area contributed by atoms with Gasteiger partial charge in [0.15, 0.2) is 5.69 Å². The van der Waals surface area contributed by atoms with Gasteiger partial charge in [0.1, 0.15) is 5.76 Å². The first-order valence-electron chi connectivity index (χ1n) is 8.92. The van der Waals surface area contributed by atoms with Crippen LogP contribution in [0.15, 0.2) is 10.6 Å². The molecule has 1 aromatic rings. The van der Waals surface area contributed by atoms with Crippen molar-refractivity contribution in [3.8, 4) is 0 Å². The molecule has 2 aliphatic carbocycles. The minimum absolute atomic E-state index is 0.0891. The number of rotatable bonds is 4. The number of carbonyl (C=O) groups excluding carboxylic acids is 2. The highest BCUT2D eigenvalue weighted by atomic mass is 16.5. The quantitative estimate of drug-likeness (QED) is 0.857. The fourth-order valence-corrected chi connectivity index (χ4v) is 3.58. The topological polar surface area (TPSA) is 101 Å². The van der Waals surface area contributed by atoms with E-state index in [4.69, 9.17) is 10.3 Å². The number of hydrogen-bond acceptors (Lipinski definition) is 5. The molecular weight excluding hydrogens is 308 g/mol. The summed E-state index contributed by atoms with van der Waals surface area (Å²) in [7, 11) is 0. The average molecular weight is 332 g/mol. The van der Waals surface area contributed by atoms with E-state index in [9.17, 15) is 9.59 Å².